The van der Waals surface area contributed by atoms with Crippen LogP contribution in [0.2, 0.25) is 0 Å². The Labute approximate surface area is 112 Å². The van der Waals surface area contributed by atoms with Crippen LogP contribution in [-0.4, -0.2) is 37.4 Å². The van der Waals surface area contributed by atoms with Gasteiger partial charge in [0.2, 0.25) is 0 Å². The number of aromatic nitrogens is 4. The number of nitrogens with one attached hydrogen (secondary N) is 3. The Morgan fingerprint density at radius 1 is 1.25 bits per heavy atom. The van der Waals surface area contributed by atoms with Crippen LogP contribution in [0.5, 0.6) is 0 Å². The highest BCUT2D eigenvalue weighted by Gasteiger charge is 2.18. The van der Waals surface area contributed by atoms with Gasteiger partial charge in [0.25, 0.3) is 11.5 Å². The smallest absolute Gasteiger partial charge is 0.353 e. The van der Waals surface area contributed by atoms with Crippen molar-refractivity contribution in [3.05, 3.63) is 38.9 Å². The average molecular weight is 277 g/mol. The van der Waals surface area contributed by atoms with Gasteiger partial charge in [-0.25, -0.2) is 9.89 Å². The Balaban J connectivity index is 2.31. The molecule has 0 saturated carbocycles. The summed E-state index contributed by atoms with van der Waals surface area (Å²) in [6.45, 7) is 3.25. The van der Waals surface area contributed by atoms with E-state index in [-0.39, 0.29) is 17.1 Å². The molecule has 1 amide bonds. The minimum Gasteiger partial charge on any atom is -0.477 e. The molecular formula is C11H11N5O4. The molecule has 0 aliphatic carbocycles. The van der Waals surface area contributed by atoms with Gasteiger partial charge >= 0.3 is 5.97 Å². The molecule has 0 atom stereocenters. The van der Waals surface area contributed by atoms with Crippen LogP contribution in [0.4, 0.5) is 5.82 Å². The molecule has 0 radical (unpaired) electrons. The number of carboxylic acids is 1. The van der Waals surface area contributed by atoms with Crippen molar-refractivity contribution < 1.29 is 14.7 Å². The fourth-order valence-electron chi connectivity index (χ4n) is 1.57. The van der Waals surface area contributed by atoms with Crippen molar-refractivity contribution in [1.29, 1.82) is 0 Å². The molecule has 0 fully saturated rings. The van der Waals surface area contributed by atoms with Gasteiger partial charge in [-0.15, -0.1) is 0 Å². The molecule has 0 spiro atoms. The van der Waals surface area contributed by atoms with Crippen molar-refractivity contribution >= 4 is 17.7 Å². The minimum atomic E-state index is -1.20. The number of rotatable bonds is 3. The molecule has 0 aliphatic heterocycles. The third kappa shape index (κ3) is 2.41. The first-order valence-corrected chi connectivity index (χ1v) is 5.56. The van der Waals surface area contributed by atoms with E-state index < -0.39 is 17.4 Å². The highest BCUT2D eigenvalue weighted by atomic mass is 16.4. The molecule has 20 heavy (non-hydrogen) atoms. The Morgan fingerprint density at radius 3 is 2.55 bits per heavy atom. The third-order valence-corrected chi connectivity index (χ3v) is 2.75. The summed E-state index contributed by atoms with van der Waals surface area (Å²) in [6.07, 6.45) is 0. The lowest BCUT2D eigenvalue weighted by Crippen LogP contribution is -2.26. The van der Waals surface area contributed by atoms with E-state index in [0.29, 0.717) is 11.3 Å². The van der Waals surface area contributed by atoms with E-state index in [2.05, 4.69) is 25.7 Å². The highest BCUT2D eigenvalue weighted by Crippen LogP contribution is 2.10. The summed E-state index contributed by atoms with van der Waals surface area (Å²) in [5, 5.41) is 22.9. The van der Waals surface area contributed by atoms with E-state index in [9.17, 15) is 14.4 Å². The summed E-state index contributed by atoms with van der Waals surface area (Å²) < 4.78 is 0. The molecule has 2 aromatic rings. The van der Waals surface area contributed by atoms with Crippen molar-refractivity contribution in [1.82, 2.24) is 20.4 Å². The molecule has 0 aromatic carbocycles. The molecule has 9 nitrogen and oxygen atoms in total. The standard InChI is InChI=1S/C11H11N5O4/c1-4-5(2)13-16-10(18)8(4)9(17)12-7-3-6(11(19)20)14-15-7/h3H,1-2H3,(H,16,18)(H,19,20)(H2,12,14,15,17). The number of H-pyrrole nitrogens is 2. The Kier molecular flexibility index (Phi) is 3.34. The molecule has 2 rings (SSSR count). The number of anilines is 1. The van der Waals surface area contributed by atoms with Crippen molar-refractivity contribution in [2.45, 2.75) is 13.8 Å². The largest absolute Gasteiger partial charge is 0.477 e. The molecule has 0 bridgehead atoms. The zero-order valence-electron chi connectivity index (χ0n) is 10.6. The third-order valence-electron chi connectivity index (χ3n) is 2.75. The molecule has 4 N–H and O–H groups in total. The molecule has 9 heteroatoms. The maximum atomic E-state index is 12.0. The minimum absolute atomic E-state index is 0.0145. The van der Waals surface area contributed by atoms with Gasteiger partial charge in [-0.3, -0.25) is 14.7 Å². The van der Waals surface area contributed by atoms with Crippen LogP contribution in [0.1, 0.15) is 32.1 Å². The number of aromatic amines is 2. The van der Waals surface area contributed by atoms with Gasteiger partial charge in [-0.05, 0) is 19.4 Å². The first-order chi connectivity index (χ1) is 9.40. The van der Waals surface area contributed by atoms with Gasteiger partial charge in [0, 0.05) is 6.07 Å². The predicted octanol–water partition coefficient (Wildman–Crippen LogP) is 0.0603. The van der Waals surface area contributed by atoms with E-state index in [0.717, 1.165) is 6.07 Å². The van der Waals surface area contributed by atoms with Crippen LogP contribution in [0.3, 0.4) is 0 Å². The van der Waals surface area contributed by atoms with Gasteiger partial charge in [0.1, 0.15) is 11.3 Å². The van der Waals surface area contributed by atoms with Crippen molar-refractivity contribution in [3.63, 3.8) is 0 Å². The van der Waals surface area contributed by atoms with Gasteiger partial charge in [0.05, 0.1) is 5.69 Å². The zero-order valence-corrected chi connectivity index (χ0v) is 10.6. The second-order valence-corrected chi connectivity index (χ2v) is 4.06. The van der Waals surface area contributed by atoms with Crippen LogP contribution in [0.15, 0.2) is 10.9 Å². The summed E-state index contributed by atoms with van der Waals surface area (Å²) in [6, 6.07) is 1.15. The molecular weight excluding hydrogens is 266 g/mol. The number of amides is 1. The number of aryl methyl sites for hydroxylation is 1. The van der Waals surface area contributed by atoms with Crippen LogP contribution < -0.4 is 10.9 Å². The fraction of sp³-hybridized carbons (Fsp3) is 0.182. The lowest BCUT2D eigenvalue weighted by Gasteiger charge is -2.05. The van der Waals surface area contributed by atoms with Crippen LogP contribution in [0, 0.1) is 13.8 Å². The number of hydrogen-bond acceptors (Lipinski definition) is 5. The topological polar surface area (TPSA) is 141 Å². The molecule has 2 aromatic heterocycles. The molecule has 2 heterocycles. The number of carbonyl (C=O) groups is 2. The first-order valence-electron chi connectivity index (χ1n) is 5.56. The van der Waals surface area contributed by atoms with Gasteiger partial charge in [-0.2, -0.15) is 10.2 Å². The summed E-state index contributed by atoms with van der Waals surface area (Å²) in [5.74, 6) is -1.87. The average Bonchev–Trinajstić information content (AvgIpc) is 2.83. The van der Waals surface area contributed by atoms with Gasteiger partial charge in [-0.1, -0.05) is 0 Å². The van der Waals surface area contributed by atoms with Gasteiger partial charge in [0.15, 0.2) is 5.82 Å². The summed E-state index contributed by atoms with van der Waals surface area (Å²) in [4.78, 5) is 34.3. The van der Waals surface area contributed by atoms with Crippen LogP contribution in [-0.2, 0) is 0 Å². The molecule has 0 aliphatic rings. The summed E-state index contributed by atoms with van der Waals surface area (Å²) >= 11 is 0. The first kappa shape index (κ1) is 13.5. The maximum Gasteiger partial charge on any atom is 0.353 e. The zero-order chi connectivity index (χ0) is 14.9. The van der Waals surface area contributed by atoms with E-state index >= 15 is 0 Å². The Bertz CT molecular complexity index is 746. The predicted molar refractivity (Wildman–Crippen MR) is 67.8 cm³/mol. The lowest BCUT2D eigenvalue weighted by molar-refractivity contribution is 0.0690. The van der Waals surface area contributed by atoms with Gasteiger partial charge < -0.3 is 10.4 Å². The number of aromatic carboxylic acids is 1. The molecule has 0 saturated heterocycles. The van der Waals surface area contributed by atoms with Crippen LogP contribution in [0.25, 0.3) is 0 Å². The Morgan fingerprint density at radius 2 is 1.95 bits per heavy atom. The SMILES string of the molecule is Cc1n[nH]c(=O)c(C(=O)Nc2cc(C(=O)O)[nH]n2)c1C. The number of hydrogen-bond donors (Lipinski definition) is 4. The molecule has 104 valence electrons. The highest BCUT2D eigenvalue weighted by molar-refractivity contribution is 6.05. The number of nitrogens with zero attached hydrogens (tertiary/aromatic N) is 2. The van der Waals surface area contributed by atoms with E-state index in [4.69, 9.17) is 5.11 Å². The Hall–Kier alpha value is -2.97. The number of carboxylic acid groups (broad SMARTS) is 1. The second kappa shape index (κ2) is 4.96. The normalized spacial score (nSPS) is 10.3. The monoisotopic (exact) mass is 277 g/mol. The quantitative estimate of drug-likeness (QED) is 0.625. The lowest BCUT2D eigenvalue weighted by atomic mass is 10.1. The van der Waals surface area contributed by atoms with Crippen LogP contribution >= 0.6 is 0 Å². The van der Waals surface area contributed by atoms with E-state index in [1.165, 1.54) is 0 Å². The number of carbonyl (C=O) groups excluding carboxylic acids is 1. The summed E-state index contributed by atoms with van der Waals surface area (Å²) in [7, 11) is 0. The fourth-order valence-corrected chi connectivity index (χ4v) is 1.57. The van der Waals surface area contributed by atoms with Crippen molar-refractivity contribution in [3.8, 4) is 0 Å². The van der Waals surface area contributed by atoms with Crippen molar-refractivity contribution in [2.75, 3.05) is 5.32 Å². The van der Waals surface area contributed by atoms with E-state index in [1.807, 2.05) is 0 Å². The van der Waals surface area contributed by atoms with E-state index in [1.54, 1.807) is 13.8 Å². The maximum absolute atomic E-state index is 12.0. The molecule has 0 unspecified atom stereocenters. The second-order valence-electron chi connectivity index (χ2n) is 4.06. The van der Waals surface area contributed by atoms with Crippen molar-refractivity contribution in [2.24, 2.45) is 0 Å². The summed E-state index contributed by atoms with van der Waals surface area (Å²) in [5.41, 5.74) is 0.0806.